The molecule has 2 atom stereocenters. The highest BCUT2D eigenvalue weighted by molar-refractivity contribution is 6.15. The molecule has 0 saturated carbocycles. The monoisotopic (exact) mass is 354 g/mol. The zero-order valence-corrected chi connectivity index (χ0v) is 13.2. The molecular weight excluding hydrogens is 340 g/mol. The molecule has 1 fully saturated rings. The Hall–Kier alpha value is -3.43. The number of amides is 3. The molecule has 9 nitrogen and oxygen atoms in total. The van der Waals surface area contributed by atoms with Crippen LogP contribution < -0.4 is 16.1 Å². The molecule has 1 aliphatic carbocycles. The molecule has 0 radical (unpaired) electrons. The molecule has 0 bridgehead atoms. The van der Waals surface area contributed by atoms with Crippen LogP contribution in [0.2, 0.25) is 0 Å². The first-order valence-electron chi connectivity index (χ1n) is 7.68. The molecule has 4 rings (SSSR count). The topological polar surface area (TPSA) is 143 Å². The average molecular weight is 354 g/mol. The first-order valence-corrected chi connectivity index (χ1v) is 7.68. The van der Waals surface area contributed by atoms with E-state index in [1.807, 2.05) is 0 Å². The summed E-state index contributed by atoms with van der Waals surface area (Å²) in [6, 6.07) is 11.5. The second-order valence-corrected chi connectivity index (χ2v) is 5.96. The fraction of sp³-hybridized carbons (Fsp3) is 0.118. The van der Waals surface area contributed by atoms with E-state index >= 15 is 0 Å². The van der Waals surface area contributed by atoms with E-state index in [9.17, 15) is 24.9 Å². The molecule has 9 heteroatoms. The number of nitrogens with zero attached hydrogens (tertiary/aromatic N) is 1. The second-order valence-electron chi connectivity index (χ2n) is 5.96. The van der Waals surface area contributed by atoms with Gasteiger partial charge in [-0.15, -0.1) is 0 Å². The molecular formula is C17H14N4O5. The average Bonchev–Trinajstić information content (AvgIpc) is 2.94. The highest BCUT2D eigenvalue weighted by Crippen LogP contribution is 2.43. The fourth-order valence-corrected chi connectivity index (χ4v) is 3.21. The maximum absolute atomic E-state index is 12.2. The smallest absolute Gasteiger partial charge is 0.320 e. The van der Waals surface area contributed by atoms with Gasteiger partial charge in [0.25, 0.3) is 5.91 Å². The predicted molar refractivity (Wildman–Crippen MR) is 89.1 cm³/mol. The van der Waals surface area contributed by atoms with Crippen LogP contribution in [0.3, 0.4) is 0 Å². The van der Waals surface area contributed by atoms with Crippen LogP contribution in [0.15, 0.2) is 53.6 Å². The van der Waals surface area contributed by atoms with E-state index < -0.39 is 23.4 Å². The van der Waals surface area contributed by atoms with E-state index in [0.717, 1.165) is 0 Å². The summed E-state index contributed by atoms with van der Waals surface area (Å²) in [5.41, 5.74) is -1.73. The first-order chi connectivity index (χ1) is 12.4. The third-order valence-electron chi connectivity index (χ3n) is 4.45. The molecule has 0 unspecified atom stereocenters. The molecule has 0 spiro atoms. The first kappa shape index (κ1) is 16.1. The standard InChI is InChI=1S/C17H14N4O5/c22-12-8-4-2-6-10(12)14(23)21-20-13-9-5-1-3-7-11(9)16(25)17(13,26)19-15(24)18-16/h1-8,22,25-26H,(H,21,23)(H2,18,19,24)/b20-13-/t16-,17+/m0/s1. The van der Waals surface area contributed by atoms with E-state index in [1.165, 1.54) is 18.2 Å². The van der Waals surface area contributed by atoms with Crippen LogP contribution in [0.25, 0.3) is 0 Å². The van der Waals surface area contributed by atoms with Gasteiger partial charge in [0.15, 0.2) is 0 Å². The largest absolute Gasteiger partial charge is 0.507 e. The Morgan fingerprint density at radius 2 is 1.65 bits per heavy atom. The van der Waals surface area contributed by atoms with Crippen LogP contribution in [0.1, 0.15) is 21.5 Å². The number of aliphatic hydroxyl groups is 2. The van der Waals surface area contributed by atoms with Crippen molar-refractivity contribution in [1.29, 1.82) is 0 Å². The summed E-state index contributed by atoms with van der Waals surface area (Å²) in [6.07, 6.45) is 0. The van der Waals surface area contributed by atoms with E-state index in [-0.39, 0.29) is 22.6 Å². The molecule has 6 N–H and O–H groups in total. The third kappa shape index (κ3) is 2.01. The van der Waals surface area contributed by atoms with E-state index in [4.69, 9.17) is 0 Å². The SMILES string of the molecule is O=C1N[C@@]2(O)/C(=N\NC(=O)c3ccccc3O)c3ccccc3[C@@]2(O)N1. The number of hydrogen-bond acceptors (Lipinski definition) is 6. The minimum atomic E-state index is -2.26. The molecule has 2 aromatic carbocycles. The lowest BCUT2D eigenvalue weighted by Crippen LogP contribution is -2.58. The van der Waals surface area contributed by atoms with Gasteiger partial charge in [0.2, 0.25) is 11.4 Å². The summed E-state index contributed by atoms with van der Waals surface area (Å²) in [6.45, 7) is 0. The number of hydrogen-bond donors (Lipinski definition) is 6. The molecule has 1 aliphatic heterocycles. The molecule has 1 heterocycles. The number of aromatic hydroxyl groups is 1. The number of para-hydroxylation sites is 1. The Morgan fingerprint density at radius 1 is 1.00 bits per heavy atom. The molecule has 3 amide bonds. The molecule has 132 valence electrons. The number of urea groups is 1. The summed E-state index contributed by atoms with van der Waals surface area (Å²) in [7, 11) is 0. The quantitative estimate of drug-likeness (QED) is 0.410. The van der Waals surface area contributed by atoms with E-state index in [1.54, 1.807) is 30.3 Å². The Bertz CT molecular complexity index is 975. The van der Waals surface area contributed by atoms with Gasteiger partial charge >= 0.3 is 6.03 Å². The van der Waals surface area contributed by atoms with E-state index in [0.29, 0.717) is 5.56 Å². The van der Waals surface area contributed by atoms with Gasteiger partial charge in [-0.25, -0.2) is 10.2 Å². The van der Waals surface area contributed by atoms with Crippen molar-refractivity contribution in [3.63, 3.8) is 0 Å². The summed E-state index contributed by atoms with van der Waals surface area (Å²) in [5, 5.41) is 39.9. The summed E-state index contributed by atoms with van der Waals surface area (Å²) < 4.78 is 0. The normalized spacial score (nSPS) is 27.5. The van der Waals surface area contributed by atoms with Crippen LogP contribution in [0, 0.1) is 0 Å². The number of rotatable bonds is 2. The Morgan fingerprint density at radius 3 is 2.42 bits per heavy atom. The minimum Gasteiger partial charge on any atom is -0.507 e. The van der Waals surface area contributed by atoms with Crippen LogP contribution in [-0.4, -0.2) is 38.7 Å². The van der Waals surface area contributed by atoms with Crippen LogP contribution in [0.4, 0.5) is 4.79 Å². The van der Waals surface area contributed by atoms with Gasteiger partial charge < -0.3 is 26.0 Å². The lowest BCUT2D eigenvalue weighted by atomic mass is 10.0. The van der Waals surface area contributed by atoms with Gasteiger partial charge in [-0.3, -0.25) is 4.79 Å². The van der Waals surface area contributed by atoms with Crippen LogP contribution in [-0.2, 0) is 5.72 Å². The minimum absolute atomic E-state index is 0.0148. The number of phenolic OH excluding ortho intramolecular Hbond substituents is 1. The molecule has 26 heavy (non-hydrogen) atoms. The van der Waals surface area contributed by atoms with Gasteiger partial charge in [0.1, 0.15) is 11.5 Å². The number of phenols is 1. The van der Waals surface area contributed by atoms with Crippen LogP contribution >= 0.6 is 0 Å². The summed E-state index contributed by atoms with van der Waals surface area (Å²) >= 11 is 0. The molecule has 0 aromatic heterocycles. The number of carbonyl (C=O) groups excluding carboxylic acids is 2. The molecule has 2 aromatic rings. The Labute approximate surface area is 147 Å². The number of carbonyl (C=O) groups is 2. The zero-order chi connectivity index (χ0) is 18.5. The van der Waals surface area contributed by atoms with Gasteiger partial charge in [-0.2, -0.15) is 5.10 Å². The Kier molecular flexibility index (Phi) is 3.26. The molecule has 1 saturated heterocycles. The maximum atomic E-state index is 12.2. The second kappa shape index (κ2) is 5.28. The maximum Gasteiger partial charge on any atom is 0.320 e. The zero-order valence-electron chi connectivity index (χ0n) is 13.2. The van der Waals surface area contributed by atoms with Crippen molar-refractivity contribution in [2.24, 2.45) is 5.10 Å². The van der Waals surface area contributed by atoms with Crippen molar-refractivity contribution in [2.75, 3.05) is 0 Å². The fourth-order valence-electron chi connectivity index (χ4n) is 3.21. The van der Waals surface area contributed by atoms with Gasteiger partial charge in [-0.05, 0) is 12.1 Å². The number of nitrogens with one attached hydrogen (secondary N) is 3. The van der Waals surface area contributed by atoms with Crippen molar-refractivity contribution in [3.8, 4) is 5.75 Å². The summed E-state index contributed by atoms with van der Waals surface area (Å²) in [4.78, 5) is 24.0. The lowest BCUT2D eigenvalue weighted by Gasteiger charge is -2.29. The number of hydrazone groups is 1. The molecule has 2 aliphatic rings. The third-order valence-corrected chi connectivity index (χ3v) is 4.45. The van der Waals surface area contributed by atoms with E-state index in [2.05, 4.69) is 21.2 Å². The lowest BCUT2D eigenvalue weighted by molar-refractivity contribution is -0.110. The number of benzene rings is 2. The van der Waals surface area contributed by atoms with Gasteiger partial charge in [-0.1, -0.05) is 36.4 Å². The van der Waals surface area contributed by atoms with Crippen molar-refractivity contribution < 1.29 is 24.9 Å². The summed E-state index contributed by atoms with van der Waals surface area (Å²) in [5.74, 6) is -0.951. The van der Waals surface area contributed by atoms with Crippen LogP contribution in [0.5, 0.6) is 5.75 Å². The Balaban J connectivity index is 1.76. The highest BCUT2D eigenvalue weighted by Gasteiger charge is 2.67. The number of fused-ring (bicyclic) bond motifs is 3. The van der Waals surface area contributed by atoms with Gasteiger partial charge in [0.05, 0.1) is 5.56 Å². The highest BCUT2D eigenvalue weighted by atomic mass is 16.4. The van der Waals surface area contributed by atoms with Crippen molar-refractivity contribution in [3.05, 3.63) is 65.2 Å². The van der Waals surface area contributed by atoms with Crippen molar-refractivity contribution in [2.45, 2.75) is 11.4 Å². The van der Waals surface area contributed by atoms with Crippen molar-refractivity contribution >= 4 is 17.6 Å². The van der Waals surface area contributed by atoms with Crippen molar-refractivity contribution in [1.82, 2.24) is 16.1 Å². The predicted octanol–water partition coefficient (Wildman–Crippen LogP) is -0.314. The van der Waals surface area contributed by atoms with Gasteiger partial charge in [0, 0.05) is 11.1 Å².